The molecule has 0 bridgehead atoms. The molecule has 1 heterocycles. The Morgan fingerprint density at radius 2 is 2.05 bits per heavy atom. The van der Waals surface area contributed by atoms with Gasteiger partial charge in [0.2, 0.25) is 15.9 Å². The third kappa shape index (κ3) is 4.80. The smallest absolute Gasteiger partial charge is 0.238 e. The van der Waals surface area contributed by atoms with E-state index in [9.17, 15) is 13.2 Å². The number of carbonyl (C=O) groups is 1. The number of hydrogen-bond donors (Lipinski definition) is 2. The molecule has 0 aromatic heterocycles. The molecular weight excluding hydrogens is 290 g/mol. The maximum absolute atomic E-state index is 12.0. The summed E-state index contributed by atoms with van der Waals surface area (Å²) < 4.78 is 22.3. The molecule has 0 radical (unpaired) electrons. The first-order valence-corrected chi connectivity index (χ1v) is 8.54. The van der Waals surface area contributed by atoms with E-state index in [0.717, 1.165) is 19.5 Å². The topological polar surface area (TPSA) is 92.5 Å². The predicted octanol–water partition coefficient (Wildman–Crippen LogP) is 1.00. The number of nitrogens with zero attached hydrogens (tertiary/aromatic N) is 1. The lowest BCUT2D eigenvalue weighted by molar-refractivity contribution is -0.117. The minimum atomic E-state index is -3.70. The Morgan fingerprint density at radius 3 is 2.62 bits per heavy atom. The Hall–Kier alpha value is -1.44. The first-order chi connectivity index (χ1) is 9.84. The Morgan fingerprint density at radius 1 is 1.38 bits per heavy atom. The van der Waals surface area contributed by atoms with Gasteiger partial charge in [0.05, 0.1) is 11.4 Å². The van der Waals surface area contributed by atoms with Crippen LogP contribution in [0.5, 0.6) is 0 Å². The van der Waals surface area contributed by atoms with Crippen LogP contribution in [-0.4, -0.2) is 38.9 Å². The summed E-state index contributed by atoms with van der Waals surface area (Å²) in [7, 11) is -3.70. The molecule has 3 N–H and O–H groups in total. The number of benzene rings is 1. The van der Waals surface area contributed by atoms with Crippen LogP contribution in [0.2, 0.25) is 0 Å². The number of sulfonamides is 1. The summed E-state index contributed by atoms with van der Waals surface area (Å²) in [5.74, 6) is 0.535. The van der Waals surface area contributed by atoms with E-state index in [-0.39, 0.29) is 10.8 Å². The fraction of sp³-hybridized carbons (Fsp3) is 0.500. The highest BCUT2D eigenvalue weighted by Gasteiger charge is 2.18. The molecule has 116 valence electrons. The van der Waals surface area contributed by atoms with E-state index >= 15 is 0 Å². The van der Waals surface area contributed by atoms with Crippen LogP contribution in [0.25, 0.3) is 0 Å². The van der Waals surface area contributed by atoms with Gasteiger partial charge in [-0.15, -0.1) is 0 Å². The normalized spacial score (nSPS) is 20.2. The largest absolute Gasteiger partial charge is 0.325 e. The molecule has 7 heteroatoms. The van der Waals surface area contributed by atoms with E-state index < -0.39 is 10.0 Å². The maximum Gasteiger partial charge on any atom is 0.238 e. The molecule has 1 saturated heterocycles. The number of likely N-dealkylation sites (tertiary alicyclic amines) is 1. The van der Waals surface area contributed by atoms with E-state index in [1.165, 1.54) is 30.7 Å². The molecule has 1 aliphatic rings. The maximum atomic E-state index is 12.0. The van der Waals surface area contributed by atoms with Gasteiger partial charge < -0.3 is 5.32 Å². The van der Waals surface area contributed by atoms with Crippen LogP contribution >= 0.6 is 0 Å². The lowest BCUT2D eigenvalue weighted by atomic mass is 10.0. The second-order valence-corrected chi connectivity index (χ2v) is 7.16. The van der Waals surface area contributed by atoms with Gasteiger partial charge in [0.15, 0.2) is 0 Å². The zero-order chi connectivity index (χ0) is 15.5. The molecule has 0 spiro atoms. The summed E-state index contributed by atoms with van der Waals surface area (Å²) >= 11 is 0. The van der Waals surface area contributed by atoms with Crippen LogP contribution in [0, 0.1) is 5.92 Å². The third-order valence-corrected chi connectivity index (χ3v) is 4.50. The van der Waals surface area contributed by atoms with Crippen LogP contribution in [-0.2, 0) is 14.8 Å². The van der Waals surface area contributed by atoms with Gasteiger partial charge in [0.1, 0.15) is 0 Å². The minimum absolute atomic E-state index is 0.0327. The number of anilines is 1. The molecule has 1 fully saturated rings. The van der Waals surface area contributed by atoms with E-state index in [1.807, 2.05) is 0 Å². The van der Waals surface area contributed by atoms with Crippen molar-refractivity contribution in [1.29, 1.82) is 0 Å². The van der Waals surface area contributed by atoms with Crippen molar-refractivity contribution in [3.8, 4) is 0 Å². The van der Waals surface area contributed by atoms with Gasteiger partial charge in [0.25, 0.3) is 0 Å². The molecule has 0 saturated carbocycles. The Labute approximate surface area is 125 Å². The molecule has 21 heavy (non-hydrogen) atoms. The fourth-order valence-corrected chi connectivity index (χ4v) is 3.08. The third-order valence-electron chi connectivity index (χ3n) is 3.57. The van der Waals surface area contributed by atoms with Crippen molar-refractivity contribution >= 4 is 21.6 Å². The molecule has 1 atom stereocenters. The number of amides is 1. The van der Waals surface area contributed by atoms with Crippen molar-refractivity contribution in [3.63, 3.8) is 0 Å². The van der Waals surface area contributed by atoms with Gasteiger partial charge in [0, 0.05) is 12.2 Å². The van der Waals surface area contributed by atoms with E-state index in [1.54, 1.807) is 0 Å². The highest BCUT2D eigenvalue weighted by molar-refractivity contribution is 7.89. The monoisotopic (exact) mass is 311 g/mol. The SMILES string of the molecule is C[C@H]1CCCN(CC(=O)Nc2ccc(S(N)(=O)=O)cc2)C1. The van der Waals surface area contributed by atoms with Crippen LogP contribution in [0.4, 0.5) is 5.69 Å². The average Bonchev–Trinajstić information content (AvgIpc) is 2.38. The number of hydrogen-bond acceptors (Lipinski definition) is 4. The van der Waals surface area contributed by atoms with Gasteiger partial charge in [-0.2, -0.15) is 0 Å². The predicted molar refractivity (Wildman–Crippen MR) is 81.3 cm³/mol. The second kappa shape index (κ2) is 6.55. The van der Waals surface area contributed by atoms with Crippen LogP contribution in [0.3, 0.4) is 0 Å². The zero-order valence-electron chi connectivity index (χ0n) is 12.1. The van der Waals surface area contributed by atoms with Crippen molar-refractivity contribution in [3.05, 3.63) is 24.3 Å². The van der Waals surface area contributed by atoms with E-state index in [4.69, 9.17) is 5.14 Å². The molecule has 6 nitrogen and oxygen atoms in total. The number of primary sulfonamides is 1. The molecule has 0 aliphatic carbocycles. The highest BCUT2D eigenvalue weighted by atomic mass is 32.2. The molecule has 1 aliphatic heterocycles. The summed E-state index contributed by atoms with van der Waals surface area (Å²) in [5.41, 5.74) is 0.567. The van der Waals surface area contributed by atoms with Gasteiger partial charge in [-0.25, -0.2) is 13.6 Å². The summed E-state index contributed by atoms with van der Waals surface area (Å²) in [6.07, 6.45) is 2.34. The van der Waals surface area contributed by atoms with Crippen LogP contribution in [0.15, 0.2) is 29.2 Å². The molecule has 1 aromatic carbocycles. The van der Waals surface area contributed by atoms with Crippen molar-refractivity contribution < 1.29 is 13.2 Å². The van der Waals surface area contributed by atoms with Crippen LogP contribution in [0.1, 0.15) is 19.8 Å². The molecular formula is C14H21N3O3S. The summed E-state index contributed by atoms with van der Waals surface area (Å²) in [5, 5.41) is 7.79. The van der Waals surface area contributed by atoms with Crippen LogP contribution < -0.4 is 10.5 Å². The van der Waals surface area contributed by atoms with Gasteiger partial charge in [-0.05, 0) is 49.6 Å². The average molecular weight is 311 g/mol. The zero-order valence-corrected chi connectivity index (χ0v) is 12.9. The quantitative estimate of drug-likeness (QED) is 0.868. The second-order valence-electron chi connectivity index (χ2n) is 5.60. The Kier molecular flexibility index (Phi) is 4.97. The number of rotatable bonds is 4. The van der Waals surface area contributed by atoms with Crippen molar-refractivity contribution in [2.45, 2.75) is 24.7 Å². The Bertz CT molecular complexity index is 598. The number of carbonyl (C=O) groups excluding carboxylic acids is 1. The van der Waals surface area contributed by atoms with E-state index in [2.05, 4.69) is 17.1 Å². The van der Waals surface area contributed by atoms with Crippen molar-refractivity contribution in [2.75, 3.05) is 25.0 Å². The van der Waals surface area contributed by atoms with Crippen molar-refractivity contribution in [2.24, 2.45) is 11.1 Å². The standard InChI is InChI=1S/C14H21N3O3S/c1-11-3-2-8-17(9-11)10-14(18)16-12-4-6-13(7-5-12)21(15,19)20/h4-7,11H,2-3,8-10H2,1H3,(H,16,18)(H2,15,19,20)/t11-/m0/s1. The lowest BCUT2D eigenvalue weighted by Crippen LogP contribution is -2.39. The summed E-state index contributed by atoms with van der Waals surface area (Å²) in [6, 6.07) is 5.84. The summed E-state index contributed by atoms with van der Waals surface area (Å²) in [6.45, 7) is 4.44. The molecule has 2 rings (SSSR count). The highest BCUT2D eigenvalue weighted by Crippen LogP contribution is 2.16. The van der Waals surface area contributed by atoms with Gasteiger partial charge in [-0.1, -0.05) is 6.92 Å². The fourth-order valence-electron chi connectivity index (χ4n) is 2.56. The number of nitrogens with one attached hydrogen (secondary N) is 1. The van der Waals surface area contributed by atoms with Gasteiger partial charge >= 0.3 is 0 Å². The molecule has 0 unspecified atom stereocenters. The number of nitrogens with two attached hydrogens (primary N) is 1. The van der Waals surface area contributed by atoms with Crippen molar-refractivity contribution in [1.82, 2.24) is 4.90 Å². The first-order valence-electron chi connectivity index (χ1n) is 6.99. The van der Waals surface area contributed by atoms with Gasteiger partial charge in [-0.3, -0.25) is 9.69 Å². The molecule has 1 aromatic rings. The number of piperidine rings is 1. The molecule has 1 amide bonds. The first kappa shape index (κ1) is 15.9. The Balaban J connectivity index is 1.90. The minimum Gasteiger partial charge on any atom is -0.325 e. The van der Waals surface area contributed by atoms with E-state index in [0.29, 0.717) is 18.2 Å². The summed E-state index contributed by atoms with van der Waals surface area (Å²) in [4.78, 5) is 14.1. The lowest BCUT2D eigenvalue weighted by Gasteiger charge is -2.30.